The van der Waals surface area contributed by atoms with E-state index in [1.165, 1.54) is 31.3 Å². The fourth-order valence-electron chi connectivity index (χ4n) is 2.98. The highest BCUT2D eigenvalue weighted by atomic mass is 19.1. The van der Waals surface area contributed by atoms with Crippen molar-refractivity contribution in [2.45, 2.75) is 6.92 Å². The Labute approximate surface area is 184 Å². The molecule has 2 heterocycles. The quantitative estimate of drug-likeness (QED) is 0.671. The predicted octanol–water partition coefficient (Wildman–Crippen LogP) is 2.30. The van der Waals surface area contributed by atoms with Gasteiger partial charge in [-0.25, -0.2) is 14.4 Å². The first kappa shape index (κ1) is 22.7. The van der Waals surface area contributed by atoms with Crippen molar-refractivity contribution in [3.05, 3.63) is 47.7 Å². The van der Waals surface area contributed by atoms with Gasteiger partial charge in [-0.05, 0) is 6.92 Å². The van der Waals surface area contributed by atoms with Gasteiger partial charge in [0.2, 0.25) is 0 Å². The Morgan fingerprint density at radius 2 is 2.12 bits per heavy atom. The van der Waals surface area contributed by atoms with E-state index in [1.807, 2.05) is 0 Å². The summed E-state index contributed by atoms with van der Waals surface area (Å²) < 4.78 is 26.8. The first-order valence-corrected chi connectivity index (χ1v) is 9.57. The minimum Gasteiger partial charge on any atom is -0.497 e. The number of hydrogen-bond donors (Lipinski definition) is 1. The normalized spacial score (nSPS) is 15.7. The molecular formula is C21H23FN6O4. The molecule has 1 N–H and O–H groups in total. The summed E-state index contributed by atoms with van der Waals surface area (Å²) in [6, 6.07) is 2.77. The summed E-state index contributed by atoms with van der Waals surface area (Å²) in [5.74, 6) is -1.34. The Morgan fingerprint density at radius 3 is 2.72 bits per heavy atom. The molecule has 168 valence electrons. The molecule has 0 aliphatic carbocycles. The van der Waals surface area contributed by atoms with E-state index in [2.05, 4.69) is 20.1 Å². The number of aryl methyl sites for hydroxylation is 1. The molecule has 1 aromatic heterocycles. The van der Waals surface area contributed by atoms with Gasteiger partial charge in [0.1, 0.15) is 24.7 Å². The molecule has 0 fully saturated rings. The first-order chi connectivity index (χ1) is 15.4. The van der Waals surface area contributed by atoms with E-state index >= 15 is 0 Å². The fourth-order valence-corrected chi connectivity index (χ4v) is 2.98. The van der Waals surface area contributed by atoms with Gasteiger partial charge in [-0.15, -0.1) is 0 Å². The van der Waals surface area contributed by atoms with Gasteiger partial charge in [-0.2, -0.15) is 5.10 Å². The van der Waals surface area contributed by atoms with Crippen molar-refractivity contribution < 1.29 is 23.8 Å². The second kappa shape index (κ2) is 9.86. The average Bonchev–Trinajstić information content (AvgIpc) is 3.22. The summed E-state index contributed by atoms with van der Waals surface area (Å²) in [6.45, 7) is 1.09. The molecule has 32 heavy (non-hydrogen) atoms. The third kappa shape index (κ3) is 4.99. The van der Waals surface area contributed by atoms with Gasteiger partial charge in [0.25, 0.3) is 0 Å². The number of benzene rings is 1. The molecule has 3 rings (SSSR count). The summed E-state index contributed by atoms with van der Waals surface area (Å²) in [4.78, 5) is 26.1. The van der Waals surface area contributed by atoms with Crippen LogP contribution in [0.25, 0.3) is 0 Å². The first-order valence-electron chi connectivity index (χ1n) is 9.57. The number of carboxylic acid groups (broad SMARTS) is 1. The highest BCUT2D eigenvalue weighted by molar-refractivity contribution is 6.42. The third-order valence-electron chi connectivity index (χ3n) is 4.56. The number of amidine groups is 1. The van der Waals surface area contributed by atoms with Crippen molar-refractivity contribution in [1.29, 1.82) is 0 Å². The van der Waals surface area contributed by atoms with Crippen molar-refractivity contribution in [2.24, 2.45) is 22.0 Å². The number of rotatable bonds is 8. The van der Waals surface area contributed by atoms with E-state index in [9.17, 15) is 14.3 Å². The van der Waals surface area contributed by atoms with Crippen molar-refractivity contribution >= 4 is 29.4 Å². The van der Waals surface area contributed by atoms with Gasteiger partial charge >= 0.3 is 5.97 Å². The number of hydrogen-bond acceptors (Lipinski definition) is 7. The van der Waals surface area contributed by atoms with Crippen LogP contribution in [0.4, 0.5) is 10.1 Å². The van der Waals surface area contributed by atoms with Crippen molar-refractivity contribution in [1.82, 2.24) is 9.78 Å². The van der Waals surface area contributed by atoms with Gasteiger partial charge in [0.05, 0.1) is 38.0 Å². The summed E-state index contributed by atoms with van der Waals surface area (Å²) in [5.41, 5.74) is 1.80. The molecule has 1 aliphatic heterocycles. The highest BCUT2D eigenvalue weighted by Gasteiger charge is 2.21. The lowest BCUT2D eigenvalue weighted by Gasteiger charge is -2.23. The SMILES string of the molecule is C/C=C1/N=CC(c2cnn(C)c2)=N/C1=N/CN(CC(=O)O)c1cc(OC)cc(OC)c1F. The van der Waals surface area contributed by atoms with Crippen LogP contribution < -0.4 is 14.4 Å². The van der Waals surface area contributed by atoms with E-state index in [-0.39, 0.29) is 18.1 Å². The number of methoxy groups -OCH3 is 2. The monoisotopic (exact) mass is 442 g/mol. The molecule has 1 aliphatic rings. The summed E-state index contributed by atoms with van der Waals surface area (Å²) in [7, 11) is 4.53. The van der Waals surface area contributed by atoms with Crippen LogP contribution in [0, 0.1) is 5.82 Å². The fraction of sp³-hybridized carbons (Fsp3) is 0.286. The molecule has 2 aromatic rings. The maximum absolute atomic E-state index is 14.9. The van der Waals surface area contributed by atoms with Gasteiger partial charge < -0.3 is 19.5 Å². The molecule has 0 amide bonds. The van der Waals surface area contributed by atoms with Crippen molar-refractivity contribution in [3.63, 3.8) is 0 Å². The Bertz CT molecular complexity index is 1140. The Hall–Kier alpha value is -4.02. The molecule has 0 radical (unpaired) electrons. The topological polar surface area (TPSA) is 114 Å². The number of aromatic nitrogens is 2. The number of carbonyl (C=O) groups is 1. The second-order valence-corrected chi connectivity index (χ2v) is 6.71. The van der Waals surface area contributed by atoms with Gasteiger partial charge in [-0.1, -0.05) is 6.08 Å². The van der Waals surface area contributed by atoms with E-state index < -0.39 is 18.3 Å². The standard InChI is InChI=1S/C21H23FN6O4/c1-5-15-21(26-16(9-23-15)13-8-25-27(2)10-13)24-12-28(11-19(29)30)17-6-14(31-3)7-18(32-4)20(17)22/h5-10H,11-12H2,1-4H3,(H,29,30)/b15-5+,24-21+. The largest absolute Gasteiger partial charge is 0.497 e. The van der Waals surface area contributed by atoms with Crippen LogP contribution in [0.3, 0.4) is 0 Å². The van der Waals surface area contributed by atoms with Crippen molar-refractivity contribution in [3.8, 4) is 11.5 Å². The zero-order chi connectivity index (χ0) is 23.3. The molecule has 0 atom stereocenters. The maximum Gasteiger partial charge on any atom is 0.323 e. The van der Waals surface area contributed by atoms with Crippen molar-refractivity contribution in [2.75, 3.05) is 32.3 Å². The number of aliphatic imine (C=N–C) groups is 3. The van der Waals surface area contributed by atoms with Crippen LogP contribution >= 0.6 is 0 Å². The van der Waals surface area contributed by atoms with Gasteiger partial charge in [-0.3, -0.25) is 14.5 Å². The Kier molecular flexibility index (Phi) is 6.98. The smallest absolute Gasteiger partial charge is 0.323 e. The van der Waals surface area contributed by atoms with E-state index in [1.54, 1.807) is 43.3 Å². The summed E-state index contributed by atoms with van der Waals surface area (Å²) >= 11 is 0. The molecule has 0 spiro atoms. The number of aliphatic carboxylic acids is 1. The van der Waals surface area contributed by atoms with Gasteiger partial charge in [0.15, 0.2) is 17.4 Å². The molecule has 11 heteroatoms. The number of halogens is 1. The number of carboxylic acids is 1. The molecule has 1 aromatic carbocycles. The summed E-state index contributed by atoms with van der Waals surface area (Å²) in [6.07, 6.45) is 6.78. The zero-order valence-electron chi connectivity index (χ0n) is 18.1. The number of anilines is 1. The molecule has 10 nitrogen and oxygen atoms in total. The van der Waals surface area contributed by atoms with Gasteiger partial charge in [0, 0.05) is 30.9 Å². The third-order valence-corrected chi connectivity index (χ3v) is 4.56. The molecule has 0 bridgehead atoms. The lowest BCUT2D eigenvalue weighted by Crippen LogP contribution is -2.31. The van der Waals surface area contributed by atoms with Crippen LogP contribution in [-0.4, -0.2) is 66.1 Å². The highest BCUT2D eigenvalue weighted by Crippen LogP contribution is 2.33. The number of ether oxygens (including phenoxy) is 2. The molecule has 0 saturated carbocycles. The Morgan fingerprint density at radius 1 is 1.34 bits per heavy atom. The van der Waals surface area contributed by atoms with Crippen LogP contribution in [0.5, 0.6) is 11.5 Å². The molecule has 0 unspecified atom stereocenters. The van der Waals surface area contributed by atoms with E-state index in [0.29, 0.717) is 23.0 Å². The average molecular weight is 442 g/mol. The second-order valence-electron chi connectivity index (χ2n) is 6.71. The molecular weight excluding hydrogens is 419 g/mol. The number of nitrogens with zero attached hydrogens (tertiary/aromatic N) is 6. The predicted molar refractivity (Wildman–Crippen MR) is 119 cm³/mol. The van der Waals surface area contributed by atoms with E-state index in [0.717, 1.165) is 5.56 Å². The minimum absolute atomic E-state index is 0.0225. The Balaban J connectivity index is 1.99. The lowest BCUT2D eigenvalue weighted by atomic mass is 10.2. The summed E-state index contributed by atoms with van der Waals surface area (Å²) in [5, 5.41) is 13.5. The van der Waals surface area contributed by atoms with Crippen LogP contribution in [0.1, 0.15) is 12.5 Å². The van der Waals surface area contributed by atoms with Crippen LogP contribution in [0.2, 0.25) is 0 Å². The molecule has 0 saturated heterocycles. The zero-order valence-corrected chi connectivity index (χ0v) is 18.1. The number of allylic oxidation sites excluding steroid dienone is 1. The van der Waals surface area contributed by atoms with Crippen LogP contribution in [-0.2, 0) is 11.8 Å². The minimum atomic E-state index is -1.15. The maximum atomic E-state index is 14.9. The van der Waals surface area contributed by atoms with Crippen LogP contribution in [0.15, 0.2) is 51.3 Å². The van der Waals surface area contributed by atoms with E-state index in [4.69, 9.17) is 9.47 Å². The lowest BCUT2D eigenvalue weighted by molar-refractivity contribution is -0.135.